The summed E-state index contributed by atoms with van der Waals surface area (Å²) in [6, 6.07) is 20.2. The van der Waals surface area contributed by atoms with Gasteiger partial charge in [-0.2, -0.15) is 5.10 Å². The van der Waals surface area contributed by atoms with Gasteiger partial charge in [-0.15, -0.1) is 0 Å². The third kappa shape index (κ3) is 3.70. The summed E-state index contributed by atoms with van der Waals surface area (Å²) in [6.07, 6.45) is 1.40. The molecule has 2 N–H and O–H groups in total. The third-order valence-electron chi connectivity index (χ3n) is 3.44. The van der Waals surface area contributed by atoms with Crippen molar-refractivity contribution in [2.75, 3.05) is 6.61 Å². The molecule has 0 aliphatic rings. The lowest BCUT2D eigenvalue weighted by Gasteiger charge is -2.05. The predicted molar refractivity (Wildman–Crippen MR) is 93.3 cm³/mol. The lowest BCUT2D eigenvalue weighted by Crippen LogP contribution is -2.24. The van der Waals surface area contributed by atoms with Crippen molar-refractivity contribution in [1.29, 1.82) is 0 Å². The molecule has 1 amide bonds. The lowest BCUT2D eigenvalue weighted by atomic mass is 10.1. The number of nitrogens with one attached hydrogen (secondary N) is 1. The van der Waals surface area contributed by atoms with E-state index in [1.54, 1.807) is 18.2 Å². The van der Waals surface area contributed by atoms with Gasteiger partial charge in [-0.3, -0.25) is 4.79 Å². The van der Waals surface area contributed by atoms with Gasteiger partial charge in [-0.1, -0.05) is 48.5 Å². The first kappa shape index (κ1) is 15.6. The summed E-state index contributed by atoms with van der Waals surface area (Å²) < 4.78 is 5.32. The number of hydrogen-bond acceptors (Lipinski definition) is 4. The quantitative estimate of drug-likeness (QED) is 0.560. The summed E-state index contributed by atoms with van der Waals surface area (Å²) in [5.41, 5.74) is 2.90. The Labute approximate surface area is 139 Å². The maximum atomic E-state index is 11.7. The molecule has 0 spiro atoms. The Bertz CT molecular complexity index is 876. The van der Waals surface area contributed by atoms with E-state index in [0.29, 0.717) is 11.3 Å². The van der Waals surface area contributed by atoms with E-state index in [-0.39, 0.29) is 18.3 Å². The largest absolute Gasteiger partial charge is 0.507 e. The number of para-hydroxylation sites is 1. The van der Waals surface area contributed by atoms with E-state index in [2.05, 4.69) is 10.5 Å². The molecule has 0 bridgehead atoms. The molecule has 0 unspecified atom stereocenters. The third-order valence-corrected chi connectivity index (χ3v) is 3.44. The highest BCUT2D eigenvalue weighted by atomic mass is 16.5. The van der Waals surface area contributed by atoms with Crippen LogP contribution in [0.3, 0.4) is 0 Å². The Morgan fingerprint density at radius 1 is 1.04 bits per heavy atom. The Kier molecular flexibility index (Phi) is 4.72. The predicted octanol–water partition coefficient (Wildman–Crippen LogP) is 3.07. The summed E-state index contributed by atoms with van der Waals surface area (Å²) >= 11 is 0. The van der Waals surface area contributed by atoms with E-state index in [1.165, 1.54) is 6.21 Å². The zero-order valence-corrected chi connectivity index (χ0v) is 12.8. The average Bonchev–Trinajstić information content (AvgIpc) is 2.63. The van der Waals surface area contributed by atoms with Crippen molar-refractivity contribution in [2.45, 2.75) is 0 Å². The highest BCUT2D eigenvalue weighted by Crippen LogP contribution is 2.27. The van der Waals surface area contributed by atoms with Crippen LogP contribution in [0.15, 0.2) is 71.8 Å². The molecule has 0 atom stereocenters. The number of carbonyl (C=O) groups excluding carboxylic acids is 1. The minimum absolute atomic E-state index is 0.131. The van der Waals surface area contributed by atoms with Crippen LogP contribution in [0.1, 0.15) is 5.56 Å². The van der Waals surface area contributed by atoms with Gasteiger partial charge in [0.15, 0.2) is 6.61 Å². The van der Waals surface area contributed by atoms with Crippen LogP contribution in [0.25, 0.3) is 10.8 Å². The van der Waals surface area contributed by atoms with E-state index in [0.717, 1.165) is 10.8 Å². The highest BCUT2D eigenvalue weighted by molar-refractivity contribution is 5.97. The van der Waals surface area contributed by atoms with Gasteiger partial charge in [0.1, 0.15) is 11.5 Å². The van der Waals surface area contributed by atoms with Gasteiger partial charge in [0, 0.05) is 10.9 Å². The summed E-state index contributed by atoms with van der Waals surface area (Å²) in [4.78, 5) is 11.7. The van der Waals surface area contributed by atoms with Crippen LogP contribution >= 0.6 is 0 Å². The fourth-order valence-corrected chi connectivity index (χ4v) is 2.25. The number of aromatic hydroxyl groups is 1. The minimum Gasteiger partial charge on any atom is -0.507 e. The van der Waals surface area contributed by atoms with Crippen LogP contribution in [0.5, 0.6) is 11.5 Å². The summed E-state index contributed by atoms with van der Waals surface area (Å²) in [7, 11) is 0. The molecule has 0 saturated carbocycles. The summed E-state index contributed by atoms with van der Waals surface area (Å²) in [5, 5.41) is 15.8. The first-order valence-electron chi connectivity index (χ1n) is 7.44. The molecule has 120 valence electrons. The van der Waals surface area contributed by atoms with Crippen molar-refractivity contribution in [2.24, 2.45) is 5.10 Å². The summed E-state index contributed by atoms with van der Waals surface area (Å²) in [6.45, 7) is -0.134. The monoisotopic (exact) mass is 320 g/mol. The van der Waals surface area contributed by atoms with Crippen molar-refractivity contribution in [3.8, 4) is 11.5 Å². The maximum absolute atomic E-state index is 11.7. The van der Waals surface area contributed by atoms with Crippen LogP contribution in [0.2, 0.25) is 0 Å². The molecule has 24 heavy (non-hydrogen) atoms. The van der Waals surface area contributed by atoms with Gasteiger partial charge in [-0.05, 0) is 23.6 Å². The minimum atomic E-state index is -0.379. The van der Waals surface area contributed by atoms with E-state index in [1.807, 2.05) is 48.5 Å². The van der Waals surface area contributed by atoms with Crippen LogP contribution in [0, 0.1) is 0 Å². The van der Waals surface area contributed by atoms with Crippen LogP contribution in [0.4, 0.5) is 0 Å². The molecule has 0 heterocycles. The number of rotatable bonds is 5. The number of fused-ring (bicyclic) bond motifs is 1. The molecule has 0 aliphatic carbocycles. The van der Waals surface area contributed by atoms with Gasteiger partial charge >= 0.3 is 0 Å². The topological polar surface area (TPSA) is 70.9 Å². The van der Waals surface area contributed by atoms with Crippen molar-refractivity contribution < 1.29 is 14.6 Å². The van der Waals surface area contributed by atoms with E-state index in [9.17, 15) is 9.90 Å². The van der Waals surface area contributed by atoms with E-state index in [4.69, 9.17) is 4.74 Å². The fraction of sp³-hybridized carbons (Fsp3) is 0.0526. The molecule has 3 aromatic rings. The van der Waals surface area contributed by atoms with Gasteiger partial charge < -0.3 is 9.84 Å². The Balaban J connectivity index is 1.60. The smallest absolute Gasteiger partial charge is 0.277 e. The molecule has 3 rings (SSSR count). The highest BCUT2D eigenvalue weighted by Gasteiger charge is 2.04. The molecule has 3 aromatic carbocycles. The number of carbonyl (C=O) groups is 1. The van der Waals surface area contributed by atoms with Gasteiger partial charge in [0.2, 0.25) is 0 Å². The number of amides is 1. The van der Waals surface area contributed by atoms with Crippen molar-refractivity contribution in [3.63, 3.8) is 0 Å². The standard InChI is InChI=1S/C19H16N2O3/c22-18(13-24-16-7-2-1-3-8-16)21-20-12-15-11-10-14-6-4-5-9-17(14)19(15)23/h1-12,23H,13H2,(H,21,22). The molecule has 0 radical (unpaired) electrons. The Hall–Kier alpha value is -3.34. The zero-order valence-electron chi connectivity index (χ0n) is 12.8. The van der Waals surface area contributed by atoms with Crippen LogP contribution < -0.4 is 10.2 Å². The number of ether oxygens (including phenoxy) is 1. The second-order valence-electron chi connectivity index (χ2n) is 5.12. The number of phenolic OH excluding ortho intramolecular Hbond substituents is 1. The first-order valence-corrected chi connectivity index (χ1v) is 7.44. The van der Waals surface area contributed by atoms with Crippen LogP contribution in [-0.4, -0.2) is 23.8 Å². The van der Waals surface area contributed by atoms with E-state index >= 15 is 0 Å². The lowest BCUT2D eigenvalue weighted by molar-refractivity contribution is -0.123. The number of nitrogens with zero attached hydrogens (tertiary/aromatic N) is 1. The average molecular weight is 320 g/mol. The number of hydrazone groups is 1. The van der Waals surface area contributed by atoms with Crippen molar-refractivity contribution in [3.05, 3.63) is 72.3 Å². The van der Waals surface area contributed by atoms with Crippen molar-refractivity contribution in [1.82, 2.24) is 5.43 Å². The fourth-order valence-electron chi connectivity index (χ4n) is 2.25. The Morgan fingerprint density at radius 2 is 1.79 bits per heavy atom. The molecule has 0 fully saturated rings. The zero-order chi connectivity index (χ0) is 16.8. The number of hydrogen-bond donors (Lipinski definition) is 2. The van der Waals surface area contributed by atoms with Crippen LogP contribution in [-0.2, 0) is 4.79 Å². The second kappa shape index (κ2) is 7.28. The second-order valence-corrected chi connectivity index (χ2v) is 5.12. The number of phenols is 1. The SMILES string of the molecule is O=C(COc1ccccc1)NN=Cc1ccc2ccccc2c1O. The van der Waals surface area contributed by atoms with Gasteiger partial charge in [0.05, 0.1) is 6.21 Å². The van der Waals surface area contributed by atoms with E-state index < -0.39 is 0 Å². The summed E-state index contributed by atoms with van der Waals surface area (Å²) in [5.74, 6) is 0.366. The first-order chi connectivity index (χ1) is 11.7. The molecule has 0 aliphatic heterocycles. The molecule has 5 nitrogen and oxygen atoms in total. The molecule has 0 saturated heterocycles. The molecular formula is C19H16N2O3. The van der Waals surface area contributed by atoms with Crippen molar-refractivity contribution >= 4 is 22.9 Å². The van der Waals surface area contributed by atoms with Gasteiger partial charge in [-0.25, -0.2) is 5.43 Å². The normalized spacial score (nSPS) is 10.8. The Morgan fingerprint density at radius 3 is 2.62 bits per heavy atom. The van der Waals surface area contributed by atoms with Gasteiger partial charge in [0.25, 0.3) is 5.91 Å². The molecule has 5 heteroatoms. The maximum Gasteiger partial charge on any atom is 0.277 e. The number of benzene rings is 3. The molecule has 0 aromatic heterocycles. The molecular weight excluding hydrogens is 304 g/mol.